The van der Waals surface area contributed by atoms with E-state index in [0.717, 1.165) is 0 Å². The monoisotopic (exact) mass is 315 g/mol. The molecule has 0 aromatic carbocycles. The van der Waals surface area contributed by atoms with E-state index in [9.17, 15) is 8.42 Å². The lowest BCUT2D eigenvalue weighted by Crippen LogP contribution is -2.34. The second kappa shape index (κ2) is 5.82. The number of halogens is 1. The number of nitrogens with two attached hydrogens (primary N) is 1. The summed E-state index contributed by atoms with van der Waals surface area (Å²) >= 11 is 5.78. The number of pyridine rings is 1. The first kappa shape index (κ1) is 14.8. The molecular weight excluding hydrogens is 302 g/mol. The number of furan rings is 1. The average molecular weight is 316 g/mol. The first-order chi connectivity index (χ1) is 9.38. The molecular formula is C12H14ClN3O3S. The van der Waals surface area contributed by atoms with E-state index >= 15 is 0 Å². The van der Waals surface area contributed by atoms with Gasteiger partial charge in [0.1, 0.15) is 16.5 Å². The van der Waals surface area contributed by atoms with Gasteiger partial charge in [-0.25, -0.2) is 18.1 Å². The molecule has 3 N–H and O–H groups in total. The van der Waals surface area contributed by atoms with Crippen molar-refractivity contribution in [3.8, 4) is 0 Å². The molecule has 0 saturated carbocycles. The molecule has 0 bridgehead atoms. The van der Waals surface area contributed by atoms with Gasteiger partial charge in [-0.05, 0) is 25.1 Å². The normalized spacial score (nSPS) is 13.3. The Morgan fingerprint density at radius 2 is 2.30 bits per heavy atom. The molecule has 1 atom stereocenters. The summed E-state index contributed by atoms with van der Waals surface area (Å²) in [5, 5.41) is 0.103. The Morgan fingerprint density at radius 1 is 1.55 bits per heavy atom. The Morgan fingerprint density at radius 3 is 2.90 bits per heavy atom. The molecule has 8 heteroatoms. The smallest absolute Gasteiger partial charge is 0.242 e. The van der Waals surface area contributed by atoms with E-state index < -0.39 is 10.0 Å². The van der Waals surface area contributed by atoms with Crippen molar-refractivity contribution in [3.05, 3.63) is 41.4 Å². The van der Waals surface area contributed by atoms with Gasteiger partial charge in [0.15, 0.2) is 0 Å². The van der Waals surface area contributed by atoms with Gasteiger partial charge in [0.05, 0.1) is 11.3 Å². The van der Waals surface area contributed by atoms with E-state index in [1.165, 1.54) is 12.3 Å². The highest BCUT2D eigenvalue weighted by molar-refractivity contribution is 7.89. The highest BCUT2D eigenvalue weighted by atomic mass is 35.5. The molecule has 0 radical (unpaired) electrons. The third kappa shape index (κ3) is 3.50. The molecule has 2 aromatic rings. The maximum atomic E-state index is 12.2. The van der Waals surface area contributed by atoms with Crippen molar-refractivity contribution < 1.29 is 12.8 Å². The summed E-state index contributed by atoms with van der Waals surface area (Å²) in [5.41, 5.74) is 5.45. The topological polar surface area (TPSA) is 98.2 Å². The first-order valence-corrected chi connectivity index (χ1v) is 7.70. The molecule has 108 valence electrons. The Hall–Kier alpha value is -1.57. The summed E-state index contributed by atoms with van der Waals surface area (Å²) in [6, 6.07) is 4.47. The molecule has 1 unspecified atom stereocenters. The summed E-state index contributed by atoms with van der Waals surface area (Å²) in [7, 11) is -3.70. The van der Waals surface area contributed by atoms with Crippen molar-refractivity contribution in [1.82, 2.24) is 9.71 Å². The highest BCUT2D eigenvalue weighted by Gasteiger charge is 2.19. The Balaban J connectivity index is 2.12. The van der Waals surface area contributed by atoms with Crippen LogP contribution in [-0.4, -0.2) is 19.4 Å². The molecule has 2 aromatic heterocycles. The lowest BCUT2D eigenvalue weighted by molar-refractivity contribution is 0.479. The number of nitrogens with zero attached hydrogens (tertiary/aromatic N) is 1. The Labute approximate surface area is 122 Å². The molecule has 6 nitrogen and oxygen atoms in total. The number of anilines is 1. The molecule has 2 rings (SSSR count). The lowest BCUT2D eigenvalue weighted by atomic mass is 10.2. The largest absolute Gasteiger partial charge is 0.469 e. The van der Waals surface area contributed by atoms with E-state index in [1.807, 2.05) is 0 Å². The molecule has 0 aliphatic heterocycles. The van der Waals surface area contributed by atoms with Crippen LogP contribution in [0.15, 0.2) is 40.0 Å². The summed E-state index contributed by atoms with van der Waals surface area (Å²) < 4.78 is 32.0. The first-order valence-electron chi connectivity index (χ1n) is 5.84. The molecule has 0 fully saturated rings. The SMILES string of the molecule is CC(Cc1ccco1)NS(=O)(=O)c1cnc(N)c(Cl)c1. The number of aromatic nitrogens is 1. The van der Waals surface area contributed by atoms with Crippen molar-refractivity contribution in [2.75, 3.05) is 5.73 Å². The minimum absolute atomic E-state index is 0.0250. The van der Waals surface area contributed by atoms with Crippen LogP contribution in [-0.2, 0) is 16.4 Å². The molecule has 0 saturated heterocycles. The number of hydrogen-bond acceptors (Lipinski definition) is 5. The lowest BCUT2D eigenvalue weighted by Gasteiger charge is -2.13. The zero-order valence-electron chi connectivity index (χ0n) is 10.7. The predicted molar refractivity (Wildman–Crippen MR) is 75.9 cm³/mol. The van der Waals surface area contributed by atoms with Gasteiger partial charge in [-0.3, -0.25) is 0 Å². The molecule has 2 heterocycles. The van der Waals surface area contributed by atoms with Crippen molar-refractivity contribution in [3.63, 3.8) is 0 Å². The van der Waals surface area contributed by atoms with Gasteiger partial charge in [-0.2, -0.15) is 0 Å². The quantitative estimate of drug-likeness (QED) is 0.877. The standard InChI is InChI=1S/C12H14ClN3O3S/c1-8(5-9-3-2-4-19-9)16-20(17,18)10-6-11(13)12(14)15-7-10/h2-4,6-8,16H,5H2,1H3,(H2,14,15). The summed E-state index contributed by atoms with van der Waals surface area (Å²) in [4.78, 5) is 3.71. The predicted octanol–water partition coefficient (Wildman–Crippen LogP) is 1.82. The van der Waals surface area contributed by atoms with Crippen molar-refractivity contribution in [1.29, 1.82) is 0 Å². The fraction of sp³-hybridized carbons (Fsp3) is 0.250. The van der Waals surface area contributed by atoms with E-state index in [4.69, 9.17) is 21.8 Å². The maximum Gasteiger partial charge on any atom is 0.242 e. The van der Waals surface area contributed by atoms with Crippen LogP contribution in [0.25, 0.3) is 0 Å². The van der Waals surface area contributed by atoms with Gasteiger partial charge < -0.3 is 10.2 Å². The van der Waals surface area contributed by atoms with Gasteiger partial charge in [-0.1, -0.05) is 11.6 Å². The fourth-order valence-corrected chi connectivity index (χ4v) is 3.13. The summed E-state index contributed by atoms with van der Waals surface area (Å²) in [6.07, 6.45) is 3.16. The number of rotatable bonds is 5. The zero-order valence-corrected chi connectivity index (χ0v) is 12.3. The van der Waals surface area contributed by atoms with Gasteiger partial charge in [-0.15, -0.1) is 0 Å². The zero-order chi connectivity index (χ0) is 14.8. The summed E-state index contributed by atoms with van der Waals surface area (Å²) in [5.74, 6) is 0.794. The average Bonchev–Trinajstić information content (AvgIpc) is 2.84. The van der Waals surface area contributed by atoms with Crippen molar-refractivity contribution >= 4 is 27.4 Å². The molecule has 20 heavy (non-hydrogen) atoms. The van der Waals surface area contributed by atoms with Crippen LogP contribution in [0.5, 0.6) is 0 Å². The van der Waals surface area contributed by atoms with Crippen LogP contribution < -0.4 is 10.5 Å². The van der Waals surface area contributed by atoms with Crippen LogP contribution in [0.2, 0.25) is 5.02 Å². The Kier molecular flexibility index (Phi) is 4.32. The third-order valence-corrected chi connectivity index (χ3v) is 4.46. The minimum atomic E-state index is -3.70. The van der Waals surface area contributed by atoms with Gasteiger partial charge >= 0.3 is 0 Å². The van der Waals surface area contributed by atoms with Gasteiger partial charge in [0, 0.05) is 18.7 Å². The summed E-state index contributed by atoms with van der Waals surface area (Å²) in [6.45, 7) is 1.74. The highest BCUT2D eigenvalue weighted by Crippen LogP contribution is 2.20. The van der Waals surface area contributed by atoms with E-state index in [0.29, 0.717) is 12.2 Å². The van der Waals surface area contributed by atoms with Crippen LogP contribution in [0.3, 0.4) is 0 Å². The van der Waals surface area contributed by atoms with Crippen LogP contribution in [0.1, 0.15) is 12.7 Å². The second-order valence-electron chi connectivity index (χ2n) is 4.34. The van der Waals surface area contributed by atoms with Gasteiger partial charge in [0.25, 0.3) is 0 Å². The van der Waals surface area contributed by atoms with Crippen LogP contribution in [0.4, 0.5) is 5.82 Å². The fourth-order valence-electron chi connectivity index (χ4n) is 1.68. The third-order valence-electron chi connectivity index (χ3n) is 2.60. The van der Waals surface area contributed by atoms with E-state index in [-0.39, 0.29) is 21.8 Å². The number of nitrogens with one attached hydrogen (secondary N) is 1. The second-order valence-corrected chi connectivity index (χ2v) is 6.47. The van der Waals surface area contributed by atoms with E-state index in [1.54, 1.807) is 25.3 Å². The van der Waals surface area contributed by atoms with Crippen molar-refractivity contribution in [2.45, 2.75) is 24.3 Å². The number of hydrogen-bond donors (Lipinski definition) is 2. The number of nitrogen functional groups attached to an aromatic ring is 1. The van der Waals surface area contributed by atoms with Crippen LogP contribution >= 0.6 is 11.6 Å². The minimum Gasteiger partial charge on any atom is -0.469 e. The van der Waals surface area contributed by atoms with Crippen molar-refractivity contribution in [2.24, 2.45) is 0 Å². The molecule has 0 aliphatic carbocycles. The molecule has 0 spiro atoms. The number of sulfonamides is 1. The molecule has 0 amide bonds. The Bertz CT molecular complexity index is 686. The maximum absolute atomic E-state index is 12.2. The van der Waals surface area contributed by atoms with E-state index in [2.05, 4.69) is 9.71 Å². The molecule has 0 aliphatic rings. The van der Waals surface area contributed by atoms with Crippen LogP contribution in [0, 0.1) is 0 Å². The van der Waals surface area contributed by atoms with Gasteiger partial charge in [0.2, 0.25) is 10.0 Å².